The van der Waals surface area contributed by atoms with Crippen LogP contribution in [0.4, 0.5) is 0 Å². The molecule has 20 heavy (non-hydrogen) atoms. The van der Waals surface area contributed by atoms with Gasteiger partial charge in [0, 0.05) is 13.0 Å². The lowest BCUT2D eigenvalue weighted by Gasteiger charge is -2.26. The molecule has 0 aromatic heterocycles. The maximum atomic E-state index is 12.4. The summed E-state index contributed by atoms with van der Waals surface area (Å²) in [5.41, 5.74) is 8.22. The van der Waals surface area contributed by atoms with E-state index in [2.05, 4.69) is 43.0 Å². The molecule has 2 atom stereocenters. The Labute approximate surface area is 122 Å². The molecule has 3 heteroatoms. The van der Waals surface area contributed by atoms with Gasteiger partial charge >= 0.3 is 0 Å². The Kier molecular flexibility index (Phi) is 5.18. The zero-order chi connectivity index (χ0) is 14.5. The number of hydrogen-bond acceptors (Lipinski definition) is 2. The summed E-state index contributed by atoms with van der Waals surface area (Å²) in [6.45, 7) is 5.80. The largest absolute Gasteiger partial charge is 0.336 e. The summed E-state index contributed by atoms with van der Waals surface area (Å²) in [7, 11) is 0. The number of likely N-dealkylation sites (tertiary alicyclic amines) is 1. The van der Waals surface area contributed by atoms with Crippen LogP contribution in [-0.4, -0.2) is 23.9 Å². The van der Waals surface area contributed by atoms with E-state index >= 15 is 0 Å². The highest BCUT2D eigenvalue weighted by atomic mass is 16.2. The zero-order valence-electron chi connectivity index (χ0n) is 12.6. The molecule has 1 aliphatic rings. The first kappa shape index (κ1) is 15.0. The van der Waals surface area contributed by atoms with E-state index in [1.54, 1.807) is 0 Å². The minimum atomic E-state index is 0.275. The highest BCUT2D eigenvalue weighted by molar-refractivity contribution is 5.77. The lowest BCUT2D eigenvalue weighted by molar-refractivity contribution is -0.132. The Balaban J connectivity index is 2.04. The number of aryl methyl sites for hydroxylation is 1. The first-order valence-electron chi connectivity index (χ1n) is 7.68. The van der Waals surface area contributed by atoms with Crippen molar-refractivity contribution in [3.8, 4) is 0 Å². The normalized spacial score (nSPS) is 20.1. The molecule has 2 rings (SSSR count). The fourth-order valence-corrected chi connectivity index (χ4v) is 2.98. The Morgan fingerprint density at radius 2 is 2.20 bits per heavy atom. The predicted molar refractivity (Wildman–Crippen MR) is 82.3 cm³/mol. The van der Waals surface area contributed by atoms with Gasteiger partial charge < -0.3 is 10.6 Å². The van der Waals surface area contributed by atoms with E-state index in [0.717, 1.165) is 25.8 Å². The van der Waals surface area contributed by atoms with Crippen LogP contribution < -0.4 is 5.73 Å². The van der Waals surface area contributed by atoms with E-state index in [4.69, 9.17) is 5.73 Å². The van der Waals surface area contributed by atoms with Crippen molar-refractivity contribution in [2.24, 2.45) is 11.7 Å². The third kappa shape index (κ3) is 3.40. The molecule has 110 valence electrons. The molecule has 0 saturated carbocycles. The molecule has 0 aliphatic carbocycles. The molecular weight excluding hydrogens is 248 g/mol. The molecule has 0 spiro atoms. The lowest BCUT2D eigenvalue weighted by atomic mass is 9.99. The molecule has 1 aromatic rings. The van der Waals surface area contributed by atoms with Crippen LogP contribution in [0.25, 0.3) is 0 Å². The monoisotopic (exact) mass is 274 g/mol. The molecular formula is C17H26N2O. The molecule has 1 saturated heterocycles. The molecule has 1 heterocycles. The summed E-state index contributed by atoms with van der Waals surface area (Å²) in [4.78, 5) is 14.5. The van der Waals surface area contributed by atoms with Crippen molar-refractivity contribution < 1.29 is 4.79 Å². The molecule has 2 N–H and O–H groups in total. The second kappa shape index (κ2) is 6.89. The van der Waals surface area contributed by atoms with Crippen molar-refractivity contribution >= 4 is 5.91 Å². The Morgan fingerprint density at radius 3 is 2.90 bits per heavy atom. The van der Waals surface area contributed by atoms with E-state index in [9.17, 15) is 4.79 Å². The van der Waals surface area contributed by atoms with Crippen LogP contribution in [0, 0.1) is 12.8 Å². The highest BCUT2D eigenvalue weighted by Gasteiger charge is 2.30. The number of nitrogens with two attached hydrogens (primary N) is 1. The average Bonchev–Trinajstić information content (AvgIpc) is 2.94. The minimum Gasteiger partial charge on any atom is -0.336 e. The van der Waals surface area contributed by atoms with Crippen molar-refractivity contribution in [2.45, 2.75) is 45.6 Å². The van der Waals surface area contributed by atoms with Crippen LogP contribution >= 0.6 is 0 Å². The molecule has 1 fully saturated rings. The van der Waals surface area contributed by atoms with Crippen molar-refractivity contribution in [2.75, 3.05) is 13.1 Å². The fourth-order valence-electron chi connectivity index (χ4n) is 2.98. The first-order valence-corrected chi connectivity index (χ1v) is 7.68. The number of benzene rings is 1. The SMILES string of the molecule is Cc1ccccc1C1CCCN1C(=O)CCC(C)CN. The first-order chi connectivity index (χ1) is 9.63. The van der Waals surface area contributed by atoms with Crippen LogP contribution in [0.15, 0.2) is 24.3 Å². The number of carbonyl (C=O) groups excluding carboxylic acids is 1. The summed E-state index contributed by atoms with van der Waals surface area (Å²) in [5.74, 6) is 0.717. The van der Waals surface area contributed by atoms with Crippen LogP contribution in [0.5, 0.6) is 0 Å². The van der Waals surface area contributed by atoms with Gasteiger partial charge in [-0.15, -0.1) is 0 Å². The Hall–Kier alpha value is -1.35. The molecule has 1 aromatic carbocycles. The van der Waals surface area contributed by atoms with Crippen molar-refractivity contribution in [3.05, 3.63) is 35.4 Å². The molecule has 0 bridgehead atoms. The topological polar surface area (TPSA) is 46.3 Å². The molecule has 0 radical (unpaired) electrons. The summed E-state index contributed by atoms with van der Waals surface area (Å²) < 4.78 is 0. The van der Waals surface area contributed by atoms with E-state index in [1.807, 2.05) is 0 Å². The smallest absolute Gasteiger partial charge is 0.223 e. The van der Waals surface area contributed by atoms with Gasteiger partial charge in [0.05, 0.1) is 6.04 Å². The second-order valence-electron chi connectivity index (χ2n) is 5.98. The summed E-state index contributed by atoms with van der Waals surface area (Å²) in [6.07, 6.45) is 3.72. The van der Waals surface area contributed by atoms with E-state index < -0.39 is 0 Å². The number of carbonyl (C=O) groups is 1. The quantitative estimate of drug-likeness (QED) is 0.897. The van der Waals surface area contributed by atoms with Gasteiger partial charge in [-0.1, -0.05) is 31.2 Å². The van der Waals surface area contributed by atoms with Gasteiger partial charge in [-0.05, 0) is 49.8 Å². The summed E-state index contributed by atoms with van der Waals surface area (Å²) in [5, 5.41) is 0. The maximum absolute atomic E-state index is 12.4. The van der Waals surface area contributed by atoms with Gasteiger partial charge in [-0.3, -0.25) is 4.79 Å². The standard InChI is InChI=1S/C17H26N2O/c1-13(12-18)9-10-17(20)19-11-5-8-16(19)15-7-4-3-6-14(15)2/h3-4,6-7,13,16H,5,8-12,18H2,1-2H3. The number of hydrogen-bond donors (Lipinski definition) is 1. The fraction of sp³-hybridized carbons (Fsp3) is 0.588. The van der Waals surface area contributed by atoms with Crippen molar-refractivity contribution in [1.82, 2.24) is 4.90 Å². The van der Waals surface area contributed by atoms with Gasteiger partial charge in [0.15, 0.2) is 0 Å². The van der Waals surface area contributed by atoms with Gasteiger partial charge in [0.1, 0.15) is 0 Å². The molecule has 2 unspecified atom stereocenters. The van der Waals surface area contributed by atoms with Crippen LogP contribution in [0.3, 0.4) is 0 Å². The molecule has 1 amide bonds. The molecule has 1 aliphatic heterocycles. The average molecular weight is 274 g/mol. The highest BCUT2D eigenvalue weighted by Crippen LogP contribution is 2.34. The Morgan fingerprint density at radius 1 is 1.45 bits per heavy atom. The minimum absolute atomic E-state index is 0.275. The molecule has 3 nitrogen and oxygen atoms in total. The van der Waals surface area contributed by atoms with Crippen LogP contribution in [0.2, 0.25) is 0 Å². The Bertz CT molecular complexity index is 458. The third-order valence-corrected chi connectivity index (χ3v) is 4.37. The maximum Gasteiger partial charge on any atom is 0.223 e. The summed E-state index contributed by atoms with van der Waals surface area (Å²) in [6, 6.07) is 8.70. The zero-order valence-corrected chi connectivity index (χ0v) is 12.6. The lowest BCUT2D eigenvalue weighted by Crippen LogP contribution is -2.31. The van der Waals surface area contributed by atoms with Gasteiger partial charge in [0.25, 0.3) is 0 Å². The van der Waals surface area contributed by atoms with Gasteiger partial charge in [-0.25, -0.2) is 0 Å². The number of nitrogens with zero attached hydrogens (tertiary/aromatic N) is 1. The number of rotatable bonds is 5. The third-order valence-electron chi connectivity index (χ3n) is 4.37. The number of amides is 1. The van der Waals surface area contributed by atoms with E-state index in [-0.39, 0.29) is 11.9 Å². The van der Waals surface area contributed by atoms with E-state index in [1.165, 1.54) is 11.1 Å². The van der Waals surface area contributed by atoms with E-state index in [0.29, 0.717) is 18.9 Å². The summed E-state index contributed by atoms with van der Waals surface area (Å²) >= 11 is 0. The van der Waals surface area contributed by atoms with Crippen molar-refractivity contribution in [1.29, 1.82) is 0 Å². The predicted octanol–water partition coefficient (Wildman–Crippen LogP) is 3.03. The van der Waals surface area contributed by atoms with Crippen LogP contribution in [-0.2, 0) is 4.79 Å². The van der Waals surface area contributed by atoms with Crippen molar-refractivity contribution in [3.63, 3.8) is 0 Å². The van der Waals surface area contributed by atoms with Gasteiger partial charge in [-0.2, -0.15) is 0 Å². The van der Waals surface area contributed by atoms with Gasteiger partial charge in [0.2, 0.25) is 5.91 Å². The van der Waals surface area contributed by atoms with Crippen LogP contribution in [0.1, 0.15) is 49.8 Å². The second-order valence-corrected chi connectivity index (χ2v) is 5.98.